The molecular formula is C19H23F2NO4. The second-order valence-corrected chi connectivity index (χ2v) is 6.19. The molecule has 0 aromatic heterocycles. The van der Waals surface area contributed by atoms with Crippen molar-refractivity contribution in [2.24, 2.45) is 10.9 Å². The summed E-state index contributed by atoms with van der Waals surface area (Å²) in [5, 5.41) is 8.56. The van der Waals surface area contributed by atoms with Crippen LogP contribution in [0, 0.1) is 17.6 Å². The van der Waals surface area contributed by atoms with Crippen molar-refractivity contribution in [3.8, 4) is 5.75 Å². The van der Waals surface area contributed by atoms with E-state index in [4.69, 9.17) is 14.6 Å². The fourth-order valence-corrected chi connectivity index (χ4v) is 2.28. The fourth-order valence-electron chi connectivity index (χ4n) is 2.28. The smallest absolute Gasteiger partial charge is 0.303 e. The fraction of sp³-hybridized carbons (Fsp3) is 0.474. The molecule has 1 aliphatic carbocycles. The lowest BCUT2D eigenvalue weighted by molar-refractivity contribution is -0.137. The average molecular weight is 367 g/mol. The van der Waals surface area contributed by atoms with Gasteiger partial charge in [-0.1, -0.05) is 0 Å². The minimum atomic E-state index is -0.985. The average Bonchev–Trinajstić information content (AvgIpc) is 3.40. The monoisotopic (exact) mass is 367 g/mol. The van der Waals surface area contributed by atoms with Gasteiger partial charge in [0.15, 0.2) is 17.4 Å². The lowest BCUT2D eigenvalue weighted by Gasteiger charge is -2.13. The predicted molar refractivity (Wildman–Crippen MR) is 94.2 cm³/mol. The zero-order chi connectivity index (χ0) is 19.1. The Morgan fingerprint density at radius 3 is 2.54 bits per heavy atom. The Morgan fingerprint density at radius 1 is 1.35 bits per heavy atom. The van der Waals surface area contributed by atoms with Crippen LogP contribution in [0.15, 0.2) is 23.0 Å². The van der Waals surface area contributed by atoms with Gasteiger partial charge in [0.25, 0.3) is 0 Å². The first-order valence-electron chi connectivity index (χ1n) is 8.58. The van der Waals surface area contributed by atoms with Crippen LogP contribution in [0.25, 0.3) is 5.57 Å². The number of ether oxygens (including phenoxy) is 2. The van der Waals surface area contributed by atoms with Gasteiger partial charge >= 0.3 is 5.97 Å². The van der Waals surface area contributed by atoms with Gasteiger partial charge in [-0.3, -0.25) is 4.79 Å². The first-order chi connectivity index (χ1) is 12.4. The largest absolute Gasteiger partial charge is 0.488 e. The highest BCUT2D eigenvalue weighted by atomic mass is 19.1. The molecule has 0 unspecified atom stereocenters. The molecule has 0 heterocycles. The van der Waals surface area contributed by atoms with Gasteiger partial charge < -0.3 is 14.6 Å². The molecule has 7 heteroatoms. The van der Waals surface area contributed by atoms with E-state index in [1.54, 1.807) is 20.1 Å². The van der Waals surface area contributed by atoms with E-state index >= 15 is 0 Å². The van der Waals surface area contributed by atoms with Crippen molar-refractivity contribution >= 4 is 17.8 Å². The molecule has 0 radical (unpaired) electrons. The van der Waals surface area contributed by atoms with Gasteiger partial charge in [0.05, 0.1) is 13.2 Å². The first-order valence-corrected chi connectivity index (χ1v) is 8.58. The van der Waals surface area contributed by atoms with Gasteiger partial charge in [-0.05, 0) is 56.7 Å². The normalized spacial score (nSPS) is 15.1. The number of carboxylic acid groups (broad SMARTS) is 1. The number of allylic oxidation sites excluding steroid dienone is 1. The predicted octanol–water partition coefficient (Wildman–Crippen LogP) is 4.41. The summed E-state index contributed by atoms with van der Waals surface area (Å²) in [6.07, 6.45) is 3.86. The van der Waals surface area contributed by atoms with E-state index in [-0.39, 0.29) is 19.4 Å². The maximum Gasteiger partial charge on any atom is 0.303 e. The van der Waals surface area contributed by atoms with Crippen molar-refractivity contribution in [3.05, 3.63) is 35.2 Å². The summed E-state index contributed by atoms with van der Waals surface area (Å²) in [4.78, 5) is 14.6. The van der Waals surface area contributed by atoms with E-state index in [2.05, 4.69) is 4.99 Å². The number of benzene rings is 1. The quantitative estimate of drug-likeness (QED) is 0.378. The van der Waals surface area contributed by atoms with E-state index in [0.717, 1.165) is 25.0 Å². The molecule has 142 valence electrons. The van der Waals surface area contributed by atoms with Crippen LogP contribution in [0.2, 0.25) is 0 Å². The van der Waals surface area contributed by atoms with E-state index in [9.17, 15) is 13.6 Å². The van der Waals surface area contributed by atoms with Crippen molar-refractivity contribution in [2.45, 2.75) is 39.5 Å². The molecule has 5 nitrogen and oxygen atoms in total. The van der Waals surface area contributed by atoms with Crippen molar-refractivity contribution in [1.29, 1.82) is 0 Å². The highest BCUT2D eigenvalue weighted by molar-refractivity contribution is 5.69. The van der Waals surface area contributed by atoms with Gasteiger partial charge in [0.2, 0.25) is 5.88 Å². The Balaban J connectivity index is 2.14. The number of nitrogens with zero attached hydrogens (tertiary/aromatic N) is 1. The summed E-state index contributed by atoms with van der Waals surface area (Å²) in [6.45, 7) is 3.89. The number of hydrogen-bond donors (Lipinski definition) is 1. The number of carbonyl (C=O) groups is 1. The molecular weight excluding hydrogens is 344 g/mol. The van der Waals surface area contributed by atoms with Gasteiger partial charge in [0, 0.05) is 18.2 Å². The summed E-state index contributed by atoms with van der Waals surface area (Å²) in [6, 6.07) is 2.33. The molecule has 0 amide bonds. The summed E-state index contributed by atoms with van der Waals surface area (Å²) in [5.74, 6) is -2.33. The molecule has 1 aromatic rings. The van der Waals surface area contributed by atoms with Crippen LogP contribution >= 0.6 is 0 Å². The third-order valence-electron chi connectivity index (χ3n) is 3.93. The summed E-state index contributed by atoms with van der Waals surface area (Å²) < 4.78 is 39.2. The van der Waals surface area contributed by atoms with Crippen molar-refractivity contribution < 1.29 is 28.2 Å². The van der Waals surface area contributed by atoms with Crippen LogP contribution in [0.1, 0.15) is 45.1 Å². The van der Waals surface area contributed by atoms with Crippen LogP contribution < -0.4 is 4.74 Å². The zero-order valence-corrected chi connectivity index (χ0v) is 14.9. The summed E-state index contributed by atoms with van der Waals surface area (Å²) in [5.41, 5.74) is 0.841. The van der Waals surface area contributed by atoms with E-state index in [0.29, 0.717) is 29.5 Å². The topological polar surface area (TPSA) is 68.1 Å². The minimum absolute atomic E-state index is 0.0792. The lowest BCUT2D eigenvalue weighted by Crippen LogP contribution is -2.05. The van der Waals surface area contributed by atoms with Gasteiger partial charge in [-0.15, -0.1) is 0 Å². The van der Waals surface area contributed by atoms with Crippen LogP contribution in [0.5, 0.6) is 5.75 Å². The standard InChI is InChI=1S/C19H23F2NO4/c1-3-22-19(26-11-13-6-7-13)12(2)14-9-15(20)18(16(21)10-14)25-8-4-5-17(23)24/h3,9-10,13H,4-8,11H2,1-2H3,(H,23,24)/b19-12-,22-3-. The zero-order valence-electron chi connectivity index (χ0n) is 14.9. The second kappa shape index (κ2) is 9.31. The molecule has 1 aromatic carbocycles. The Hall–Kier alpha value is -2.44. The molecule has 1 N–H and O–H groups in total. The van der Waals surface area contributed by atoms with Crippen LogP contribution in [-0.4, -0.2) is 30.5 Å². The maximum atomic E-state index is 14.2. The first kappa shape index (κ1) is 19.9. The third-order valence-corrected chi connectivity index (χ3v) is 3.93. The highest BCUT2D eigenvalue weighted by Crippen LogP contribution is 2.32. The number of hydrogen-bond acceptors (Lipinski definition) is 4. The van der Waals surface area contributed by atoms with Crippen LogP contribution in [0.4, 0.5) is 8.78 Å². The number of halogens is 2. The molecule has 2 rings (SSSR count). The highest BCUT2D eigenvalue weighted by Gasteiger charge is 2.23. The van der Waals surface area contributed by atoms with E-state index in [1.165, 1.54) is 0 Å². The van der Waals surface area contributed by atoms with E-state index in [1.807, 2.05) is 0 Å². The molecule has 0 aliphatic heterocycles. The molecule has 26 heavy (non-hydrogen) atoms. The maximum absolute atomic E-state index is 14.2. The van der Waals surface area contributed by atoms with E-state index < -0.39 is 23.4 Å². The van der Waals surface area contributed by atoms with Gasteiger partial charge in [-0.2, -0.15) is 0 Å². The number of rotatable bonds is 10. The van der Waals surface area contributed by atoms with Crippen LogP contribution in [-0.2, 0) is 9.53 Å². The number of aliphatic imine (C=N–C) groups is 1. The Bertz CT molecular complexity index is 688. The Morgan fingerprint density at radius 2 is 2.00 bits per heavy atom. The molecule has 1 fully saturated rings. The van der Waals surface area contributed by atoms with Crippen LogP contribution in [0.3, 0.4) is 0 Å². The lowest BCUT2D eigenvalue weighted by atomic mass is 10.1. The number of carboxylic acids is 1. The van der Waals surface area contributed by atoms with Crippen molar-refractivity contribution in [2.75, 3.05) is 13.2 Å². The Labute approximate surface area is 151 Å². The molecule has 1 saturated carbocycles. The van der Waals surface area contributed by atoms with Gasteiger partial charge in [0.1, 0.15) is 0 Å². The Kier molecular flexibility index (Phi) is 7.12. The second-order valence-electron chi connectivity index (χ2n) is 6.19. The molecule has 0 bridgehead atoms. The molecule has 0 spiro atoms. The molecule has 1 aliphatic rings. The minimum Gasteiger partial charge on any atom is -0.488 e. The molecule has 0 atom stereocenters. The van der Waals surface area contributed by atoms with Crippen molar-refractivity contribution in [3.63, 3.8) is 0 Å². The van der Waals surface area contributed by atoms with Gasteiger partial charge in [-0.25, -0.2) is 13.8 Å². The SMILES string of the molecule is C/C=N\C(OCC1CC1)=C(/C)c1cc(F)c(OCCCC(=O)O)c(F)c1. The molecule has 0 saturated heterocycles. The summed E-state index contributed by atoms with van der Waals surface area (Å²) in [7, 11) is 0. The van der Waals surface area contributed by atoms with Crippen molar-refractivity contribution in [1.82, 2.24) is 0 Å². The third kappa shape index (κ3) is 5.82. The number of aliphatic carboxylic acids is 1. The summed E-state index contributed by atoms with van der Waals surface area (Å²) >= 11 is 0.